The third kappa shape index (κ3) is 12.4. The normalized spacial score (nSPS) is 17.2. The first-order valence-electron chi connectivity index (χ1n) is 17.0. The van der Waals surface area contributed by atoms with E-state index >= 15 is 0 Å². The Bertz CT molecular complexity index is 1580. The highest BCUT2D eigenvalue weighted by Crippen LogP contribution is 2.22. The van der Waals surface area contributed by atoms with Crippen LogP contribution in [0.15, 0.2) is 30.3 Å². The summed E-state index contributed by atoms with van der Waals surface area (Å²) in [6, 6.07) is 4.70. The van der Waals surface area contributed by atoms with Gasteiger partial charge in [-0.05, 0) is 97.9 Å². The van der Waals surface area contributed by atoms with Gasteiger partial charge in [0.1, 0.15) is 41.1 Å². The van der Waals surface area contributed by atoms with Crippen LogP contribution >= 0.6 is 0 Å². The van der Waals surface area contributed by atoms with Crippen molar-refractivity contribution >= 4 is 46.8 Å². The number of esters is 2. The molecule has 1 aromatic heterocycles. The fraction of sp³-hybridized carbons (Fsp3) is 0.583. The number of carbonyl (C=O) groups excluding carboxylic acids is 5. The van der Waals surface area contributed by atoms with Gasteiger partial charge in [0.15, 0.2) is 0 Å². The maximum absolute atomic E-state index is 13.3. The fourth-order valence-corrected chi connectivity index (χ4v) is 5.06. The summed E-state index contributed by atoms with van der Waals surface area (Å²) < 4.78 is 16.4. The number of hydrogen-bond donors (Lipinski definition) is 3. The largest absolute Gasteiger partial charge is 0.460 e. The Labute approximate surface area is 294 Å². The lowest BCUT2D eigenvalue weighted by atomic mass is 10.0. The monoisotopic (exact) mass is 696 g/mol. The molecular formula is C36H52N6O8. The molecule has 14 nitrogen and oxygen atoms in total. The van der Waals surface area contributed by atoms with Crippen molar-refractivity contribution in [3.05, 3.63) is 41.6 Å². The van der Waals surface area contributed by atoms with Gasteiger partial charge in [0.05, 0.1) is 11.9 Å². The Morgan fingerprint density at radius 2 is 1.64 bits per heavy atom. The lowest BCUT2D eigenvalue weighted by Crippen LogP contribution is -2.61. The number of hydrazine groups is 1. The number of rotatable bonds is 11. The van der Waals surface area contributed by atoms with Gasteiger partial charge in [-0.2, -0.15) is 10.2 Å². The maximum Gasteiger partial charge on any atom is 0.408 e. The van der Waals surface area contributed by atoms with E-state index < -0.39 is 59.3 Å². The Hall–Kier alpha value is -4.59. The molecule has 1 fully saturated rings. The number of aromatic nitrogens is 2. The van der Waals surface area contributed by atoms with Crippen molar-refractivity contribution in [1.82, 2.24) is 31.3 Å². The SMILES string of the molecule is CC(C)C(NC(=O)OC(C)(C)C)C(=O)N[C@@H](C)C(=O)N1CCCC(C(=O)O[C@H](C)c2cc3cc(/C=C/CC(=O)OC(C)(C)C)ccc3nn2)N1. The first kappa shape index (κ1) is 39.8. The Balaban J connectivity index is 1.59. The second-order valence-electron chi connectivity index (χ2n) is 14.8. The van der Waals surface area contributed by atoms with Crippen molar-refractivity contribution in [3.8, 4) is 0 Å². The van der Waals surface area contributed by atoms with E-state index in [1.165, 1.54) is 11.9 Å². The first-order valence-corrected chi connectivity index (χ1v) is 17.0. The van der Waals surface area contributed by atoms with E-state index in [1.54, 1.807) is 53.7 Å². The predicted octanol–water partition coefficient (Wildman–Crippen LogP) is 4.53. The number of amides is 3. The van der Waals surface area contributed by atoms with Gasteiger partial charge in [0, 0.05) is 11.9 Å². The summed E-state index contributed by atoms with van der Waals surface area (Å²) >= 11 is 0. The average molecular weight is 697 g/mol. The zero-order valence-corrected chi connectivity index (χ0v) is 30.8. The van der Waals surface area contributed by atoms with Gasteiger partial charge in [-0.1, -0.05) is 32.1 Å². The number of fused-ring (bicyclic) bond motifs is 1. The Morgan fingerprint density at radius 3 is 2.28 bits per heavy atom. The molecule has 1 aromatic carbocycles. The molecule has 0 spiro atoms. The molecule has 14 heteroatoms. The molecule has 2 aromatic rings. The van der Waals surface area contributed by atoms with Crippen molar-refractivity contribution in [1.29, 1.82) is 0 Å². The van der Waals surface area contributed by atoms with Crippen LogP contribution in [0.25, 0.3) is 17.0 Å². The third-order valence-electron chi connectivity index (χ3n) is 7.44. The Morgan fingerprint density at radius 1 is 0.960 bits per heavy atom. The zero-order valence-electron chi connectivity index (χ0n) is 30.8. The fourth-order valence-electron chi connectivity index (χ4n) is 5.06. The summed E-state index contributed by atoms with van der Waals surface area (Å²) in [4.78, 5) is 63.9. The minimum absolute atomic E-state index is 0.139. The maximum atomic E-state index is 13.3. The standard InChI is InChI=1S/C36H52N6O8/c1-21(2)30(38-34(47)50-36(8,9)10)31(44)37-22(3)32(45)42-18-12-14-27(41-42)33(46)48-23(4)28-20-25-19-24(16-17-26(25)39-40-28)13-11-15-29(43)49-35(5,6)7/h11,13,16-17,19-23,27,30,41H,12,14-15,18H2,1-10H3,(H,37,44)(H,38,47)/b13-11+/t22-,23+,27?,30?/m0/s1. The van der Waals surface area contributed by atoms with Crippen molar-refractivity contribution in [2.45, 2.75) is 124 Å². The van der Waals surface area contributed by atoms with Gasteiger partial charge in [-0.3, -0.25) is 24.2 Å². The van der Waals surface area contributed by atoms with Crippen LogP contribution < -0.4 is 16.1 Å². The molecule has 0 saturated carbocycles. The van der Waals surface area contributed by atoms with E-state index in [1.807, 2.05) is 45.0 Å². The molecule has 4 atom stereocenters. The van der Waals surface area contributed by atoms with Crippen LogP contribution in [0.5, 0.6) is 0 Å². The topological polar surface area (TPSA) is 178 Å². The van der Waals surface area contributed by atoms with Gasteiger partial charge < -0.3 is 24.8 Å². The van der Waals surface area contributed by atoms with Crippen LogP contribution in [-0.2, 0) is 33.4 Å². The van der Waals surface area contributed by atoms with Crippen molar-refractivity contribution < 1.29 is 38.2 Å². The molecule has 0 radical (unpaired) electrons. The number of alkyl carbamates (subject to hydrolysis) is 1. The highest BCUT2D eigenvalue weighted by molar-refractivity contribution is 5.91. The summed E-state index contributed by atoms with van der Waals surface area (Å²) in [5.41, 5.74) is 3.61. The van der Waals surface area contributed by atoms with Crippen LogP contribution in [0.4, 0.5) is 4.79 Å². The van der Waals surface area contributed by atoms with E-state index in [4.69, 9.17) is 14.2 Å². The molecule has 1 aliphatic rings. The molecule has 2 unspecified atom stereocenters. The lowest BCUT2D eigenvalue weighted by molar-refractivity contribution is -0.157. The number of carbonyl (C=O) groups is 5. The van der Waals surface area contributed by atoms with E-state index in [2.05, 4.69) is 26.3 Å². The number of ether oxygens (including phenoxy) is 3. The minimum atomic E-state index is -0.949. The summed E-state index contributed by atoms with van der Waals surface area (Å²) in [5, 5.41) is 15.9. The number of nitrogens with zero attached hydrogens (tertiary/aromatic N) is 3. The van der Waals surface area contributed by atoms with E-state index in [0.29, 0.717) is 30.6 Å². The zero-order chi connectivity index (χ0) is 37.4. The van der Waals surface area contributed by atoms with Crippen molar-refractivity contribution in [2.75, 3.05) is 6.54 Å². The molecule has 0 aliphatic carbocycles. The molecule has 3 N–H and O–H groups in total. The van der Waals surface area contributed by atoms with Crippen LogP contribution in [-0.4, -0.2) is 80.9 Å². The molecule has 274 valence electrons. The number of nitrogens with one attached hydrogen (secondary N) is 3. The van der Waals surface area contributed by atoms with E-state index in [0.717, 1.165) is 10.9 Å². The summed E-state index contributed by atoms with van der Waals surface area (Å²) in [7, 11) is 0. The minimum Gasteiger partial charge on any atom is -0.460 e. The van der Waals surface area contributed by atoms with E-state index in [-0.39, 0.29) is 18.3 Å². The van der Waals surface area contributed by atoms with Crippen LogP contribution in [0.3, 0.4) is 0 Å². The molecule has 2 heterocycles. The predicted molar refractivity (Wildman–Crippen MR) is 187 cm³/mol. The highest BCUT2D eigenvalue weighted by atomic mass is 16.6. The van der Waals surface area contributed by atoms with E-state index in [9.17, 15) is 24.0 Å². The second-order valence-corrected chi connectivity index (χ2v) is 14.8. The second kappa shape index (κ2) is 16.9. The first-order chi connectivity index (χ1) is 23.2. The number of benzene rings is 1. The summed E-state index contributed by atoms with van der Waals surface area (Å²) in [6.07, 6.45) is 3.20. The van der Waals surface area contributed by atoms with Crippen LogP contribution in [0, 0.1) is 5.92 Å². The molecule has 1 saturated heterocycles. The molecular weight excluding hydrogens is 644 g/mol. The quantitative estimate of drug-likeness (QED) is 0.222. The molecule has 3 amide bonds. The molecule has 1 aliphatic heterocycles. The van der Waals surface area contributed by atoms with Gasteiger partial charge >= 0.3 is 18.0 Å². The van der Waals surface area contributed by atoms with Gasteiger partial charge in [-0.15, -0.1) is 0 Å². The van der Waals surface area contributed by atoms with Crippen LogP contribution in [0.2, 0.25) is 0 Å². The third-order valence-corrected chi connectivity index (χ3v) is 7.44. The van der Waals surface area contributed by atoms with Gasteiger partial charge in [0.25, 0.3) is 5.91 Å². The summed E-state index contributed by atoms with van der Waals surface area (Å²) in [6.45, 7) is 17.7. The summed E-state index contributed by atoms with van der Waals surface area (Å²) in [5.74, 6) is -2.13. The Kier molecular flexibility index (Phi) is 13.5. The van der Waals surface area contributed by atoms with Crippen LogP contribution in [0.1, 0.15) is 106 Å². The smallest absolute Gasteiger partial charge is 0.408 e. The molecule has 50 heavy (non-hydrogen) atoms. The average Bonchev–Trinajstić information content (AvgIpc) is 3.01. The van der Waals surface area contributed by atoms with Crippen molar-refractivity contribution in [3.63, 3.8) is 0 Å². The molecule has 0 bridgehead atoms. The number of hydrogen-bond acceptors (Lipinski definition) is 11. The highest BCUT2D eigenvalue weighted by Gasteiger charge is 2.34. The lowest BCUT2D eigenvalue weighted by Gasteiger charge is -2.35. The van der Waals surface area contributed by atoms with Gasteiger partial charge in [0.2, 0.25) is 5.91 Å². The van der Waals surface area contributed by atoms with Gasteiger partial charge in [-0.25, -0.2) is 10.2 Å². The van der Waals surface area contributed by atoms with Crippen molar-refractivity contribution in [2.24, 2.45) is 5.92 Å². The molecule has 3 rings (SSSR count).